The molecule has 5 nitrogen and oxygen atoms in total. The number of carbonyl (C=O) groups is 1. The smallest absolute Gasteiger partial charge is 0.222 e. The normalized spacial score (nSPS) is 25.2. The lowest BCUT2D eigenvalue weighted by molar-refractivity contribution is -0.128. The summed E-state index contributed by atoms with van der Waals surface area (Å²) in [7, 11) is 3.52. The lowest BCUT2D eigenvalue weighted by Gasteiger charge is -2.19. The van der Waals surface area contributed by atoms with Crippen LogP contribution >= 0.6 is 0 Å². The number of allylic oxidation sites excluding steroid dienone is 2. The van der Waals surface area contributed by atoms with Gasteiger partial charge in [-0.25, -0.2) is 0 Å². The van der Waals surface area contributed by atoms with Crippen LogP contribution in [0.25, 0.3) is 0 Å². The van der Waals surface area contributed by atoms with Gasteiger partial charge in [-0.05, 0) is 43.6 Å². The van der Waals surface area contributed by atoms with Gasteiger partial charge in [0.25, 0.3) is 0 Å². The zero-order chi connectivity index (χ0) is 21.9. The summed E-state index contributed by atoms with van der Waals surface area (Å²) in [5.74, 6) is -0.0858. The number of amides is 1. The van der Waals surface area contributed by atoms with Crippen LogP contribution in [0.15, 0.2) is 54.6 Å². The predicted octanol–water partition coefficient (Wildman–Crippen LogP) is 3.10. The summed E-state index contributed by atoms with van der Waals surface area (Å²) in [4.78, 5) is 13.2. The van der Waals surface area contributed by atoms with Crippen LogP contribution < -0.4 is 0 Å². The van der Waals surface area contributed by atoms with Gasteiger partial charge >= 0.3 is 0 Å². The van der Waals surface area contributed by atoms with E-state index in [1.165, 1.54) is 5.56 Å². The second kappa shape index (κ2) is 12.7. The molecule has 0 heterocycles. The molecule has 0 bridgehead atoms. The van der Waals surface area contributed by atoms with E-state index in [1.807, 2.05) is 42.5 Å². The number of aliphatic hydroxyl groups is 3. The molecule has 0 unspecified atom stereocenters. The topological polar surface area (TPSA) is 81.0 Å². The van der Waals surface area contributed by atoms with Crippen molar-refractivity contribution in [2.45, 2.75) is 63.3 Å². The highest BCUT2D eigenvalue weighted by Gasteiger charge is 2.39. The number of rotatable bonds is 11. The Morgan fingerprint density at radius 3 is 2.60 bits per heavy atom. The van der Waals surface area contributed by atoms with Gasteiger partial charge in [0.1, 0.15) is 0 Å². The third-order valence-corrected chi connectivity index (χ3v) is 5.88. The van der Waals surface area contributed by atoms with E-state index < -0.39 is 18.3 Å². The van der Waals surface area contributed by atoms with Gasteiger partial charge in [-0.1, -0.05) is 54.6 Å². The maximum atomic E-state index is 11.6. The van der Waals surface area contributed by atoms with Crippen LogP contribution in [0.4, 0.5) is 0 Å². The number of aliphatic hydroxyl groups excluding tert-OH is 3. The van der Waals surface area contributed by atoms with Gasteiger partial charge < -0.3 is 20.2 Å². The Hall–Kier alpha value is -1.95. The summed E-state index contributed by atoms with van der Waals surface area (Å²) in [5, 5.41) is 31.0. The second-order valence-electron chi connectivity index (χ2n) is 8.48. The first-order valence-electron chi connectivity index (χ1n) is 11.0. The summed E-state index contributed by atoms with van der Waals surface area (Å²) in [5.41, 5.74) is 1.19. The van der Waals surface area contributed by atoms with Gasteiger partial charge in [0.15, 0.2) is 0 Å². The molecule has 5 heteroatoms. The van der Waals surface area contributed by atoms with Crippen molar-refractivity contribution in [3.05, 3.63) is 60.2 Å². The molecule has 1 saturated carbocycles. The van der Waals surface area contributed by atoms with Crippen molar-refractivity contribution in [1.82, 2.24) is 4.90 Å². The molecule has 2 rings (SSSR count). The molecular formula is C25H37NO4. The van der Waals surface area contributed by atoms with Crippen molar-refractivity contribution < 1.29 is 20.1 Å². The molecule has 3 N–H and O–H groups in total. The molecule has 30 heavy (non-hydrogen) atoms. The third-order valence-electron chi connectivity index (χ3n) is 5.88. The highest BCUT2D eigenvalue weighted by atomic mass is 16.3. The Labute approximate surface area is 180 Å². The molecule has 1 aliphatic rings. The maximum Gasteiger partial charge on any atom is 0.222 e. The van der Waals surface area contributed by atoms with Crippen molar-refractivity contribution >= 4 is 5.91 Å². The summed E-state index contributed by atoms with van der Waals surface area (Å²) in [6.45, 7) is 0. The first-order valence-corrected chi connectivity index (χ1v) is 11.0. The van der Waals surface area contributed by atoms with Crippen molar-refractivity contribution in [3.8, 4) is 0 Å². The summed E-state index contributed by atoms with van der Waals surface area (Å²) in [6, 6.07) is 10.1. The zero-order valence-corrected chi connectivity index (χ0v) is 18.2. The quantitative estimate of drug-likeness (QED) is 0.383. The fraction of sp³-hybridized carbons (Fsp3) is 0.560. The van der Waals surface area contributed by atoms with Gasteiger partial charge in [-0.3, -0.25) is 4.79 Å². The number of nitrogens with zero attached hydrogens (tertiary/aromatic N) is 1. The molecular weight excluding hydrogens is 378 g/mol. The Kier molecular flexibility index (Phi) is 10.3. The molecule has 0 radical (unpaired) electrons. The largest absolute Gasteiger partial charge is 0.393 e. The van der Waals surface area contributed by atoms with Crippen molar-refractivity contribution in [3.63, 3.8) is 0 Å². The molecule has 1 amide bonds. The van der Waals surface area contributed by atoms with E-state index in [9.17, 15) is 20.1 Å². The van der Waals surface area contributed by atoms with Gasteiger partial charge in [0.2, 0.25) is 5.91 Å². The van der Waals surface area contributed by atoms with Crippen LogP contribution in [0.3, 0.4) is 0 Å². The predicted molar refractivity (Wildman–Crippen MR) is 120 cm³/mol. The van der Waals surface area contributed by atoms with E-state index in [2.05, 4.69) is 6.08 Å². The number of hydrogen-bond donors (Lipinski definition) is 3. The summed E-state index contributed by atoms with van der Waals surface area (Å²) in [6.07, 6.45) is 10.7. The van der Waals surface area contributed by atoms with Crippen LogP contribution in [0.5, 0.6) is 0 Å². The SMILES string of the molecule is CN(C)C(=O)CCC/C=C/C[C@@H]1[C@@H](/C=C/[C@@H](O)CCc2ccccc2)[C@H](O)C[C@@H]1O. The number of aryl methyl sites for hydroxylation is 1. The minimum atomic E-state index is -0.589. The number of hydrogen-bond acceptors (Lipinski definition) is 4. The molecule has 1 aromatic carbocycles. The maximum absolute atomic E-state index is 11.6. The Morgan fingerprint density at radius 1 is 1.17 bits per heavy atom. The molecule has 5 atom stereocenters. The van der Waals surface area contributed by atoms with E-state index in [0.717, 1.165) is 19.3 Å². The number of unbranched alkanes of at least 4 members (excludes halogenated alkanes) is 1. The highest BCUT2D eigenvalue weighted by molar-refractivity contribution is 5.75. The van der Waals surface area contributed by atoms with E-state index in [1.54, 1.807) is 25.1 Å². The minimum Gasteiger partial charge on any atom is -0.393 e. The third kappa shape index (κ3) is 8.05. The molecule has 0 saturated heterocycles. The van der Waals surface area contributed by atoms with E-state index >= 15 is 0 Å². The van der Waals surface area contributed by atoms with Crippen LogP contribution in [-0.4, -0.2) is 58.5 Å². The molecule has 1 aliphatic carbocycles. The lowest BCUT2D eigenvalue weighted by Crippen LogP contribution is -2.21. The van der Waals surface area contributed by atoms with Crippen LogP contribution in [-0.2, 0) is 11.2 Å². The molecule has 0 aliphatic heterocycles. The standard InChI is InChI=1S/C25H37NO4/c1-26(2)25(30)13-9-4-3-8-12-21-22(24(29)18-23(21)28)17-16-20(27)15-14-19-10-6-5-7-11-19/h3,5-8,10-11,16-17,20-24,27-29H,4,9,12-15,18H2,1-2H3/b8-3+,17-16+/t20-,21+,22+,23-,24+/m0/s1. The monoisotopic (exact) mass is 415 g/mol. The zero-order valence-electron chi connectivity index (χ0n) is 18.2. The Morgan fingerprint density at radius 2 is 1.90 bits per heavy atom. The van der Waals surface area contributed by atoms with Crippen molar-refractivity contribution in [1.29, 1.82) is 0 Å². The van der Waals surface area contributed by atoms with E-state index in [4.69, 9.17) is 0 Å². The van der Waals surface area contributed by atoms with Gasteiger partial charge in [0.05, 0.1) is 18.3 Å². The first kappa shape index (κ1) is 24.3. The van der Waals surface area contributed by atoms with Gasteiger partial charge in [-0.15, -0.1) is 0 Å². The van der Waals surface area contributed by atoms with Crippen LogP contribution in [0.1, 0.15) is 44.1 Å². The average molecular weight is 416 g/mol. The number of benzene rings is 1. The van der Waals surface area contributed by atoms with Gasteiger partial charge in [0, 0.05) is 32.9 Å². The van der Waals surface area contributed by atoms with Crippen LogP contribution in [0, 0.1) is 11.8 Å². The minimum absolute atomic E-state index is 0.0581. The highest BCUT2D eigenvalue weighted by Crippen LogP contribution is 2.36. The van der Waals surface area contributed by atoms with Gasteiger partial charge in [-0.2, -0.15) is 0 Å². The molecule has 1 fully saturated rings. The van der Waals surface area contributed by atoms with E-state index in [0.29, 0.717) is 25.7 Å². The second-order valence-corrected chi connectivity index (χ2v) is 8.48. The van der Waals surface area contributed by atoms with Crippen LogP contribution in [0.2, 0.25) is 0 Å². The fourth-order valence-corrected chi connectivity index (χ4v) is 3.98. The van der Waals surface area contributed by atoms with E-state index in [-0.39, 0.29) is 17.7 Å². The Bertz CT molecular complexity index is 686. The van der Waals surface area contributed by atoms with Crippen molar-refractivity contribution in [2.24, 2.45) is 11.8 Å². The molecule has 1 aromatic rings. The van der Waals surface area contributed by atoms with Crippen molar-refractivity contribution in [2.75, 3.05) is 14.1 Å². The first-order chi connectivity index (χ1) is 14.4. The summed E-state index contributed by atoms with van der Waals surface area (Å²) >= 11 is 0. The Balaban J connectivity index is 1.79. The number of carbonyl (C=O) groups excluding carboxylic acids is 1. The molecule has 0 aromatic heterocycles. The average Bonchev–Trinajstić information content (AvgIpc) is 3.00. The molecule has 166 valence electrons. The lowest BCUT2D eigenvalue weighted by atomic mass is 9.89. The fourth-order valence-electron chi connectivity index (χ4n) is 3.98. The molecule has 0 spiro atoms. The summed E-state index contributed by atoms with van der Waals surface area (Å²) < 4.78 is 0.